The number of nitrogens with two attached hydrogens (primary N) is 1. The fraction of sp³-hybridized carbons (Fsp3) is 0.636. The van der Waals surface area contributed by atoms with Crippen LogP contribution in [0.1, 0.15) is 83.8 Å². The molecule has 1 aromatic heterocycles. The number of urea groups is 1. The number of ketones is 2. The van der Waals surface area contributed by atoms with E-state index in [0.29, 0.717) is 17.7 Å². The van der Waals surface area contributed by atoms with Gasteiger partial charge in [0.15, 0.2) is 5.78 Å². The number of allylic oxidation sites excluding steroid dienone is 1. The van der Waals surface area contributed by atoms with Gasteiger partial charge in [-0.05, 0) is 52.9 Å². The Bertz CT molecular complexity index is 1300. The number of hydrogen-bond donors (Lipinski definition) is 4. The van der Waals surface area contributed by atoms with Crippen molar-refractivity contribution in [1.29, 1.82) is 0 Å². The van der Waals surface area contributed by atoms with Gasteiger partial charge in [-0.15, -0.1) is 17.9 Å². The third-order valence-electron chi connectivity index (χ3n) is 8.96. The Morgan fingerprint density at radius 2 is 1.69 bits per heavy atom. The number of thiophene rings is 1. The van der Waals surface area contributed by atoms with Gasteiger partial charge in [-0.3, -0.25) is 24.0 Å². The van der Waals surface area contributed by atoms with Gasteiger partial charge in [0.2, 0.25) is 17.6 Å². The summed E-state index contributed by atoms with van der Waals surface area (Å²) in [5, 5.41) is 10.1. The van der Waals surface area contributed by atoms with Crippen LogP contribution in [0.2, 0.25) is 0 Å². The minimum absolute atomic E-state index is 0.214. The number of likely N-dealkylation sites (tertiary alicyclic amines) is 1. The number of carbonyl (C=O) groups excluding carboxylic acids is 6. The van der Waals surface area contributed by atoms with Gasteiger partial charge in [0.25, 0.3) is 5.91 Å². The van der Waals surface area contributed by atoms with E-state index in [2.05, 4.69) is 22.5 Å². The van der Waals surface area contributed by atoms with Crippen LogP contribution in [0.3, 0.4) is 0 Å². The highest BCUT2D eigenvalue weighted by Gasteiger charge is 2.51. The van der Waals surface area contributed by atoms with E-state index in [1.54, 1.807) is 44.4 Å². The molecule has 1 aliphatic heterocycles. The third-order valence-corrected chi connectivity index (χ3v) is 9.85. The van der Waals surface area contributed by atoms with Gasteiger partial charge >= 0.3 is 6.03 Å². The second-order valence-electron chi connectivity index (χ2n) is 14.3. The summed E-state index contributed by atoms with van der Waals surface area (Å²) in [4.78, 5) is 81.3. The Kier molecular flexibility index (Phi) is 11.4. The van der Waals surface area contributed by atoms with Crippen molar-refractivity contribution in [1.82, 2.24) is 20.9 Å². The largest absolute Gasteiger partial charge is 0.363 e. The molecule has 1 saturated heterocycles. The fourth-order valence-electron chi connectivity index (χ4n) is 5.88. The second kappa shape index (κ2) is 14.3. The summed E-state index contributed by atoms with van der Waals surface area (Å²) in [5.41, 5.74) is 3.97. The Morgan fingerprint density at radius 1 is 1.04 bits per heavy atom. The molecule has 2 aliphatic rings. The topological polar surface area (TPSA) is 168 Å². The lowest BCUT2D eigenvalue weighted by Crippen LogP contribution is -2.62. The maximum Gasteiger partial charge on any atom is 0.316 e. The quantitative estimate of drug-likeness (QED) is 0.138. The van der Waals surface area contributed by atoms with Crippen LogP contribution in [-0.4, -0.2) is 70.9 Å². The van der Waals surface area contributed by atoms with Crippen LogP contribution < -0.4 is 21.7 Å². The van der Waals surface area contributed by atoms with Gasteiger partial charge in [-0.2, -0.15) is 0 Å². The molecule has 1 aromatic rings. The first-order valence-corrected chi connectivity index (χ1v) is 16.5. The van der Waals surface area contributed by atoms with Gasteiger partial charge in [0.05, 0.1) is 17.0 Å². The molecular formula is C33H49N5O6S. The summed E-state index contributed by atoms with van der Waals surface area (Å²) in [5.74, 6) is -3.58. The Balaban J connectivity index is 1.89. The number of amides is 5. The molecule has 12 heteroatoms. The van der Waals surface area contributed by atoms with Gasteiger partial charge in [0, 0.05) is 6.54 Å². The van der Waals surface area contributed by atoms with E-state index in [4.69, 9.17) is 5.73 Å². The zero-order chi connectivity index (χ0) is 33.9. The summed E-state index contributed by atoms with van der Waals surface area (Å²) in [7, 11) is 0. The predicted octanol–water partition coefficient (Wildman–Crippen LogP) is 3.44. The number of hydrogen-bond acceptors (Lipinski definition) is 7. The lowest BCUT2D eigenvalue weighted by atomic mass is 9.74. The fourth-order valence-corrected chi connectivity index (χ4v) is 6.58. The van der Waals surface area contributed by atoms with Crippen LogP contribution >= 0.6 is 11.3 Å². The van der Waals surface area contributed by atoms with E-state index in [1.807, 2.05) is 27.7 Å². The SMILES string of the molecule is C=CC(C)(C)[C@H]1CCN(C(=O)[C@@H](NC(=O)N[C@H](C(=O)c2cccs2)C(C)C)C(C)(C)C)[C@@H]1C(=O)NC(CC1CC1)C(=O)C(N)=O. The van der Waals surface area contributed by atoms with Crippen LogP contribution in [-0.2, 0) is 19.2 Å². The molecule has 5 amide bonds. The molecule has 11 nitrogen and oxygen atoms in total. The first-order chi connectivity index (χ1) is 20.9. The van der Waals surface area contributed by atoms with E-state index in [9.17, 15) is 28.8 Å². The van der Waals surface area contributed by atoms with E-state index >= 15 is 0 Å². The third kappa shape index (κ3) is 8.80. The average Bonchev–Trinajstić information content (AvgIpc) is 3.41. The second-order valence-corrected chi connectivity index (χ2v) is 15.3. The molecule has 45 heavy (non-hydrogen) atoms. The zero-order valence-electron chi connectivity index (χ0n) is 27.5. The molecule has 1 saturated carbocycles. The lowest BCUT2D eigenvalue weighted by molar-refractivity contribution is -0.144. The molecule has 0 spiro atoms. The average molecular weight is 644 g/mol. The monoisotopic (exact) mass is 643 g/mol. The maximum atomic E-state index is 14.3. The number of primary amides is 1. The minimum atomic E-state index is -1.12. The smallest absolute Gasteiger partial charge is 0.316 e. The summed E-state index contributed by atoms with van der Waals surface area (Å²) in [6.07, 6.45) is 4.32. The molecule has 5 N–H and O–H groups in total. The molecule has 3 rings (SSSR count). The van der Waals surface area contributed by atoms with Crippen molar-refractivity contribution in [2.75, 3.05) is 6.54 Å². The molecule has 1 unspecified atom stereocenters. The van der Waals surface area contributed by atoms with Crippen molar-refractivity contribution < 1.29 is 28.8 Å². The van der Waals surface area contributed by atoms with Gasteiger partial charge < -0.3 is 26.6 Å². The molecule has 0 bridgehead atoms. The highest BCUT2D eigenvalue weighted by atomic mass is 32.1. The number of rotatable bonds is 14. The first kappa shape index (κ1) is 35.9. The van der Waals surface area contributed by atoms with Crippen LogP contribution in [0.5, 0.6) is 0 Å². The van der Waals surface area contributed by atoms with E-state index in [1.165, 1.54) is 16.2 Å². The Hall–Kier alpha value is -3.54. The van der Waals surface area contributed by atoms with Crippen molar-refractivity contribution in [2.24, 2.45) is 34.3 Å². The number of Topliss-reactive ketones (excluding diaryl/α,β-unsaturated/α-hetero) is 2. The zero-order valence-corrected chi connectivity index (χ0v) is 28.3. The van der Waals surface area contributed by atoms with Crippen molar-refractivity contribution in [3.05, 3.63) is 35.0 Å². The van der Waals surface area contributed by atoms with E-state index in [-0.39, 0.29) is 30.1 Å². The minimum Gasteiger partial charge on any atom is -0.363 e. The summed E-state index contributed by atoms with van der Waals surface area (Å²) >= 11 is 1.29. The normalized spacial score (nSPS) is 20.6. The maximum absolute atomic E-state index is 14.3. The number of nitrogens with one attached hydrogen (secondary N) is 3. The first-order valence-electron chi connectivity index (χ1n) is 15.6. The molecule has 5 atom stereocenters. The molecule has 248 valence electrons. The molecular weight excluding hydrogens is 594 g/mol. The number of nitrogens with zero attached hydrogens (tertiary/aromatic N) is 1. The van der Waals surface area contributed by atoms with Crippen LogP contribution in [0, 0.1) is 28.6 Å². The highest BCUT2D eigenvalue weighted by Crippen LogP contribution is 2.41. The van der Waals surface area contributed by atoms with Crippen molar-refractivity contribution in [3.63, 3.8) is 0 Å². The number of carbonyl (C=O) groups is 6. The summed E-state index contributed by atoms with van der Waals surface area (Å²) < 4.78 is 0. The van der Waals surface area contributed by atoms with Crippen molar-refractivity contribution in [3.8, 4) is 0 Å². The Labute approximate surface area is 270 Å². The van der Waals surface area contributed by atoms with Crippen LogP contribution in [0.15, 0.2) is 30.2 Å². The highest BCUT2D eigenvalue weighted by molar-refractivity contribution is 7.12. The van der Waals surface area contributed by atoms with Gasteiger partial charge in [0.1, 0.15) is 12.1 Å². The van der Waals surface area contributed by atoms with Crippen LogP contribution in [0.4, 0.5) is 4.79 Å². The van der Waals surface area contributed by atoms with Crippen molar-refractivity contribution >= 4 is 46.7 Å². The Morgan fingerprint density at radius 3 is 2.18 bits per heavy atom. The molecule has 1 aliphatic carbocycles. The molecule has 0 aromatic carbocycles. The van der Waals surface area contributed by atoms with E-state index < -0.39 is 64.5 Å². The molecule has 2 heterocycles. The van der Waals surface area contributed by atoms with Gasteiger partial charge in [-0.1, -0.05) is 73.5 Å². The standard InChI is InChI=1S/C33H49N5O6S/c1-9-33(7,8)20-14-15-38(24(20)29(42)35-21(17-19-12-13-19)25(39)28(34)41)30(43)27(32(4,5)6)37-31(44)36-23(18(2)3)26(40)22-11-10-16-45-22/h9-11,16,18-21,23-24,27H,1,12-15,17H2,2-8H3,(H2,34,41)(H,35,42)(H2,36,37,44)/t20-,21?,23-,24-,27+/m0/s1. The van der Waals surface area contributed by atoms with Crippen molar-refractivity contribution in [2.45, 2.75) is 98.3 Å². The van der Waals surface area contributed by atoms with Crippen LogP contribution in [0.25, 0.3) is 0 Å². The molecule has 0 radical (unpaired) electrons. The summed E-state index contributed by atoms with van der Waals surface area (Å²) in [6, 6.07) is -1.14. The lowest BCUT2D eigenvalue weighted by Gasteiger charge is -2.39. The molecule has 2 fully saturated rings. The summed E-state index contributed by atoms with van der Waals surface area (Å²) in [6.45, 7) is 17.1. The van der Waals surface area contributed by atoms with Gasteiger partial charge in [-0.25, -0.2) is 4.79 Å². The predicted molar refractivity (Wildman–Crippen MR) is 173 cm³/mol. The van der Waals surface area contributed by atoms with E-state index in [0.717, 1.165) is 12.8 Å².